The van der Waals surface area contributed by atoms with Crippen LogP contribution < -0.4 is 20.1 Å². The molecule has 2 aromatic carbocycles. The minimum Gasteiger partial charge on any atom is -0.493 e. The number of methoxy groups -OCH3 is 2. The monoisotopic (exact) mass is 377 g/mol. The van der Waals surface area contributed by atoms with Gasteiger partial charge < -0.3 is 20.1 Å². The second-order valence-corrected chi connectivity index (χ2v) is 5.67. The number of hydrogen-bond donors (Lipinski definition) is 2. The van der Waals surface area contributed by atoms with Crippen LogP contribution >= 0.6 is 15.9 Å². The third-order valence-electron chi connectivity index (χ3n) is 3.22. The number of hydrogen-bond acceptors (Lipinski definition) is 3. The number of benzene rings is 2. The Hall–Kier alpha value is -2.21. The van der Waals surface area contributed by atoms with Crippen LogP contribution in [-0.4, -0.2) is 27.2 Å². The zero-order valence-corrected chi connectivity index (χ0v) is 15.0. The van der Waals surface area contributed by atoms with Crippen LogP contribution in [0.25, 0.3) is 0 Å². The van der Waals surface area contributed by atoms with Crippen molar-refractivity contribution in [3.8, 4) is 11.5 Å². The highest BCUT2D eigenvalue weighted by atomic mass is 79.9. The molecule has 0 aromatic heterocycles. The Morgan fingerprint density at radius 1 is 1.09 bits per heavy atom. The van der Waals surface area contributed by atoms with Crippen molar-refractivity contribution >= 4 is 27.6 Å². The first-order valence-electron chi connectivity index (χ1n) is 7.10. The first-order valence-corrected chi connectivity index (χ1v) is 7.89. The zero-order valence-electron chi connectivity index (χ0n) is 13.4. The van der Waals surface area contributed by atoms with Gasteiger partial charge in [-0.25, -0.2) is 0 Å². The standard InChI is InChI=1S/C17H20BrN3O2/c1-19-17(20-11-12-5-4-6-13(18)9-12)21-14-7-8-15(22-2)16(10-14)23-3/h4-10H,11H2,1-3H3,(H2,19,20,21). The van der Waals surface area contributed by atoms with E-state index in [1.165, 1.54) is 0 Å². The van der Waals surface area contributed by atoms with Gasteiger partial charge in [0.1, 0.15) is 0 Å². The Kier molecular flexibility index (Phi) is 6.29. The highest BCUT2D eigenvalue weighted by molar-refractivity contribution is 9.10. The van der Waals surface area contributed by atoms with Crippen molar-refractivity contribution in [3.05, 3.63) is 52.5 Å². The Balaban J connectivity index is 2.02. The molecular formula is C17H20BrN3O2. The summed E-state index contributed by atoms with van der Waals surface area (Å²) in [7, 11) is 4.96. The minimum atomic E-state index is 0.667. The van der Waals surface area contributed by atoms with E-state index >= 15 is 0 Å². The summed E-state index contributed by atoms with van der Waals surface area (Å²) < 4.78 is 11.6. The van der Waals surface area contributed by atoms with Gasteiger partial charge in [0.05, 0.1) is 14.2 Å². The predicted molar refractivity (Wildman–Crippen MR) is 97.5 cm³/mol. The van der Waals surface area contributed by atoms with E-state index in [0.717, 1.165) is 15.7 Å². The molecule has 0 bridgehead atoms. The van der Waals surface area contributed by atoms with E-state index in [9.17, 15) is 0 Å². The summed E-state index contributed by atoms with van der Waals surface area (Å²) in [6.45, 7) is 0.673. The Morgan fingerprint density at radius 2 is 1.87 bits per heavy atom. The molecule has 0 unspecified atom stereocenters. The van der Waals surface area contributed by atoms with E-state index in [0.29, 0.717) is 24.0 Å². The maximum Gasteiger partial charge on any atom is 0.195 e. The summed E-state index contributed by atoms with van der Waals surface area (Å²) in [5.74, 6) is 2.03. The second kappa shape index (κ2) is 8.43. The Morgan fingerprint density at radius 3 is 2.52 bits per heavy atom. The summed E-state index contributed by atoms with van der Waals surface area (Å²) in [4.78, 5) is 4.23. The average Bonchev–Trinajstić information content (AvgIpc) is 2.58. The lowest BCUT2D eigenvalue weighted by molar-refractivity contribution is 0.355. The molecule has 0 heterocycles. The summed E-state index contributed by atoms with van der Waals surface area (Å²) in [6, 6.07) is 13.8. The molecule has 0 aliphatic rings. The number of guanidine groups is 1. The molecule has 5 nitrogen and oxygen atoms in total. The van der Waals surface area contributed by atoms with Gasteiger partial charge >= 0.3 is 0 Å². The molecule has 0 saturated carbocycles. The lowest BCUT2D eigenvalue weighted by Gasteiger charge is -2.14. The third-order valence-corrected chi connectivity index (χ3v) is 3.71. The van der Waals surface area contributed by atoms with E-state index in [-0.39, 0.29) is 0 Å². The number of ether oxygens (including phenoxy) is 2. The minimum absolute atomic E-state index is 0.667. The van der Waals surface area contributed by atoms with E-state index in [1.807, 2.05) is 30.3 Å². The molecular weight excluding hydrogens is 358 g/mol. The second-order valence-electron chi connectivity index (χ2n) is 4.75. The van der Waals surface area contributed by atoms with Gasteiger partial charge in [-0.15, -0.1) is 0 Å². The summed E-state index contributed by atoms with van der Waals surface area (Å²) in [5, 5.41) is 6.50. The van der Waals surface area contributed by atoms with Gasteiger partial charge in [-0.1, -0.05) is 28.1 Å². The van der Waals surface area contributed by atoms with Gasteiger partial charge in [-0.3, -0.25) is 4.99 Å². The van der Waals surface area contributed by atoms with Crippen LogP contribution in [0.2, 0.25) is 0 Å². The predicted octanol–water partition coefficient (Wildman–Crippen LogP) is 3.65. The maximum absolute atomic E-state index is 5.30. The molecule has 0 fully saturated rings. The van der Waals surface area contributed by atoms with Gasteiger partial charge in [0, 0.05) is 29.8 Å². The number of halogens is 1. The molecule has 0 atom stereocenters. The van der Waals surface area contributed by atoms with Crippen molar-refractivity contribution < 1.29 is 9.47 Å². The van der Waals surface area contributed by atoms with Crippen LogP contribution in [0.15, 0.2) is 51.9 Å². The molecule has 2 N–H and O–H groups in total. The first kappa shape index (κ1) is 17.1. The number of nitrogens with zero attached hydrogens (tertiary/aromatic N) is 1. The third kappa shape index (κ3) is 4.89. The SMILES string of the molecule is CN=C(NCc1cccc(Br)c1)Nc1ccc(OC)c(OC)c1. The lowest BCUT2D eigenvalue weighted by Crippen LogP contribution is -2.30. The van der Waals surface area contributed by atoms with E-state index < -0.39 is 0 Å². The van der Waals surface area contributed by atoms with Crippen LogP contribution in [0, 0.1) is 0 Å². The number of anilines is 1. The van der Waals surface area contributed by atoms with Crippen molar-refractivity contribution in [2.75, 3.05) is 26.6 Å². The fourth-order valence-electron chi connectivity index (χ4n) is 2.06. The van der Waals surface area contributed by atoms with Crippen molar-refractivity contribution in [1.82, 2.24) is 5.32 Å². The van der Waals surface area contributed by atoms with Gasteiger partial charge in [0.2, 0.25) is 0 Å². The molecule has 0 saturated heterocycles. The molecule has 0 amide bonds. The molecule has 122 valence electrons. The maximum atomic E-state index is 5.30. The van der Waals surface area contributed by atoms with Crippen LogP contribution in [0.1, 0.15) is 5.56 Å². The molecule has 0 aliphatic carbocycles. The van der Waals surface area contributed by atoms with E-state index in [4.69, 9.17) is 9.47 Å². The summed E-state index contributed by atoms with van der Waals surface area (Å²) in [5.41, 5.74) is 2.03. The zero-order chi connectivity index (χ0) is 16.7. The fraction of sp³-hybridized carbons (Fsp3) is 0.235. The van der Waals surface area contributed by atoms with Crippen molar-refractivity contribution in [2.24, 2.45) is 4.99 Å². The highest BCUT2D eigenvalue weighted by Crippen LogP contribution is 2.29. The van der Waals surface area contributed by atoms with Gasteiger partial charge in [0.25, 0.3) is 0 Å². The molecule has 2 aromatic rings. The average molecular weight is 378 g/mol. The van der Waals surface area contributed by atoms with Crippen molar-refractivity contribution in [3.63, 3.8) is 0 Å². The first-order chi connectivity index (χ1) is 11.2. The quantitative estimate of drug-likeness (QED) is 0.616. The number of aliphatic imine (C=N–C) groups is 1. The molecule has 2 rings (SSSR count). The summed E-state index contributed by atoms with van der Waals surface area (Å²) in [6.07, 6.45) is 0. The van der Waals surface area contributed by atoms with E-state index in [1.54, 1.807) is 21.3 Å². The van der Waals surface area contributed by atoms with Crippen molar-refractivity contribution in [1.29, 1.82) is 0 Å². The molecule has 6 heteroatoms. The normalized spacial score (nSPS) is 11.0. The number of nitrogens with one attached hydrogen (secondary N) is 2. The molecule has 0 radical (unpaired) electrons. The largest absolute Gasteiger partial charge is 0.493 e. The van der Waals surface area contributed by atoms with Crippen LogP contribution in [0.4, 0.5) is 5.69 Å². The topological polar surface area (TPSA) is 54.9 Å². The van der Waals surface area contributed by atoms with Crippen LogP contribution in [0.3, 0.4) is 0 Å². The highest BCUT2D eigenvalue weighted by Gasteiger charge is 2.06. The number of rotatable bonds is 5. The molecule has 0 spiro atoms. The van der Waals surface area contributed by atoms with Gasteiger partial charge in [-0.2, -0.15) is 0 Å². The van der Waals surface area contributed by atoms with Crippen molar-refractivity contribution in [2.45, 2.75) is 6.54 Å². The fourth-order valence-corrected chi connectivity index (χ4v) is 2.51. The lowest BCUT2D eigenvalue weighted by atomic mass is 10.2. The van der Waals surface area contributed by atoms with Gasteiger partial charge in [-0.05, 0) is 29.8 Å². The smallest absolute Gasteiger partial charge is 0.195 e. The molecule has 0 aliphatic heterocycles. The van der Waals surface area contributed by atoms with Gasteiger partial charge in [0.15, 0.2) is 17.5 Å². The molecule has 23 heavy (non-hydrogen) atoms. The van der Waals surface area contributed by atoms with Crippen LogP contribution in [-0.2, 0) is 6.54 Å². The van der Waals surface area contributed by atoms with Crippen LogP contribution in [0.5, 0.6) is 11.5 Å². The van der Waals surface area contributed by atoms with E-state index in [2.05, 4.69) is 43.7 Å². The Labute approximate surface area is 144 Å². The summed E-state index contributed by atoms with van der Waals surface area (Å²) >= 11 is 3.47. The Bertz CT molecular complexity index is 689.